The van der Waals surface area contributed by atoms with Gasteiger partial charge >= 0.3 is 6.03 Å². The molecule has 0 atom stereocenters. The van der Waals surface area contributed by atoms with Crippen LogP contribution in [0.5, 0.6) is 0 Å². The number of pyridine rings is 2. The van der Waals surface area contributed by atoms with Crippen LogP contribution < -0.4 is 10.6 Å². The first-order valence-corrected chi connectivity index (χ1v) is 8.72. The molecule has 0 fully saturated rings. The molecule has 0 aliphatic heterocycles. The van der Waals surface area contributed by atoms with Crippen LogP contribution in [0.25, 0.3) is 16.9 Å². The number of amides is 2. The fourth-order valence-electron chi connectivity index (χ4n) is 2.83. The van der Waals surface area contributed by atoms with Crippen LogP contribution in [-0.2, 0) is 0 Å². The van der Waals surface area contributed by atoms with Gasteiger partial charge < -0.3 is 5.32 Å². The number of imidazole rings is 1. The molecule has 2 N–H and O–H groups in total. The van der Waals surface area contributed by atoms with Gasteiger partial charge in [0.2, 0.25) is 0 Å². The topological polar surface area (TPSA) is 71.3 Å². The SMILES string of the molecule is Cc1c(Cl)cccc1NC(=O)Nc1c(-c2ccncc2)nc2ccccn12. The zero-order valence-corrected chi connectivity index (χ0v) is 15.2. The number of nitrogens with zero attached hydrogens (tertiary/aromatic N) is 3. The van der Waals surface area contributed by atoms with Gasteiger partial charge in [-0.25, -0.2) is 9.78 Å². The van der Waals surface area contributed by atoms with Crippen molar-refractivity contribution in [3.8, 4) is 11.3 Å². The summed E-state index contributed by atoms with van der Waals surface area (Å²) in [6, 6.07) is 14.4. The fourth-order valence-corrected chi connectivity index (χ4v) is 3.00. The van der Waals surface area contributed by atoms with E-state index < -0.39 is 0 Å². The summed E-state index contributed by atoms with van der Waals surface area (Å²) in [5.74, 6) is 0.578. The Bertz CT molecular complexity index is 1120. The summed E-state index contributed by atoms with van der Waals surface area (Å²) in [5, 5.41) is 6.36. The minimum atomic E-state index is -0.374. The summed E-state index contributed by atoms with van der Waals surface area (Å²) in [5.41, 5.74) is 3.73. The second-order valence-electron chi connectivity index (χ2n) is 5.97. The highest BCUT2D eigenvalue weighted by Crippen LogP contribution is 2.29. The van der Waals surface area contributed by atoms with Gasteiger partial charge in [0.25, 0.3) is 0 Å². The lowest BCUT2D eigenvalue weighted by Crippen LogP contribution is -2.21. The Morgan fingerprint density at radius 1 is 1.04 bits per heavy atom. The minimum absolute atomic E-state index is 0.374. The molecule has 0 saturated heterocycles. The van der Waals surface area contributed by atoms with E-state index in [-0.39, 0.29) is 6.03 Å². The second kappa shape index (κ2) is 7.09. The third-order valence-electron chi connectivity index (χ3n) is 4.23. The molecule has 0 aliphatic rings. The molecule has 3 aromatic heterocycles. The predicted octanol–water partition coefficient (Wildman–Crippen LogP) is 5.00. The molecule has 4 rings (SSSR count). The van der Waals surface area contributed by atoms with Crippen LogP contribution in [0.1, 0.15) is 5.56 Å². The number of hydrogen-bond donors (Lipinski definition) is 2. The maximum atomic E-state index is 12.7. The van der Waals surface area contributed by atoms with E-state index >= 15 is 0 Å². The average molecular weight is 378 g/mol. The summed E-state index contributed by atoms with van der Waals surface area (Å²) in [6.45, 7) is 1.86. The Morgan fingerprint density at radius 3 is 2.67 bits per heavy atom. The van der Waals surface area contributed by atoms with Crippen molar-refractivity contribution in [3.63, 3.8) is 0 Å². The van der Waals surface area contributed by atoms with Crippen molar-refractivity contribution in [1.82, 2.24) is 14.4 Å². The van der Waals surface area contributed by atoms with Crippen LogP contribution in [0.2, 0.25) is 5.02 Å². The minimum Gasteiger partial charge on any atom is -0.307 e. The Hall–Kier alpha value is -3.38. The van der Waals surface area contributed by atoms with Crippen LogP contribution >= 0.6 is 11.6 Å². The highest BCUT2D eigenvalue weighted by Gasteiger charge is 2.16. The molecule has 0 unspecified atom stereocenters. The van der Waals surface area contributed by atoms with Gasteiger partial charge in [-0.2, -0.15) is 0 Å². The van der Waals surface area contributed by atoms with Crippen molar-refractivity contribution >= 4 is 34.8 Å². The Labute approximate surface area is 160 Å². The number of urea groups is 1. The zero-order chi connectivity index (χ0) is 18.8. The summed E-state index contributed by atoms with van der Waals surface area (Å²) in [4.78, 5) is 21.3. The first kappa shape index (κ1) is 17.1. The number of fused-ring (bicyclic) bond motifs is 1. The summed E-state index contributed by atoms with van der Waals surface area (Å²) in [6.07, 6.45) is 5.24. The summed E-state index contributed by atoms with van der Waals surface area (Å²) < 4.78 is 1.83. The molecule has 6 nitrogen and oxygen atoms in total. The molecule has 1 aromatic carbocycles. The van der Waals surface area contributed by atoms with Crippen molar-refractivity contribution in [2.75, 3.05) is 10.6 Å². The first-order valence-electron chi connectivity index (χ1n) is 8.34. The Balaban J connectivity index is 1.70. The van der Waals surface area contributed by atoms with Gasteiger partial charge in [-0.15, -0.1) is 0 Å². The van der Waals surface area contributed by atoms with Crippen LogP contribution in [0.15, 0.2) is 67.1 Å². The van der Waals surface area contributed by atoms with Crippen molar-refractivity contribution in [3.05, 3.63) is 77.7 Å². The van der Waals surface area contributed by atoms with Crippen molar-refractivity contribution in [1.29, 1.82) is 0 Å². The number of carbonyl (C=O) groups excluding carboxylic acids is 1. The molecule has 4 aromatic rings. The molecule has 27 heavy (non-hydrogen) atoms. The first-order chi connectivity index (χ1) is 13.1. The molecule has 0 bridgehead atoms. The van der Waals surface area contributed by atoms with Crippen molar-refractivity contribution in [2.45, 2.75) is 6.92 Å². The quantitative estimate of drug-likeness (QED) is 0.527. The zero-order valence-electron chi connectivity index (χ0n) is 14.5. The van der Waals surface area contributed by atoms with Gasteiger partial charge in [-0.3, -0.25) is 14.7 Å². The highest BCUT2D eigenvalue weighted by molar-refractivity contribution is 6.31. The molecular formula is C20H16ClN5O. The van der Waals surface area contributed by atoms with Crippen molar-refractivity contribution in [2.24, 2.45) is 0 Å². The van der Waals surface area contributed by atoms with E-state index in [1.807, 2.05) is 47.9 Å². The number of benzene rings is 1. The van der Waals surface area contributed by atoms with Gasteiger partial charge in [0.1, 0.15) is 17.2 Å². The summed E-state index contributed by atoms with van der Waals surface area (Å²) in [7, 11) is 0. The third kappa shape index (κ3) is 3.35. The number of carbonyl (C=O) groups is 1. The monoisotopic (exact) mass is 377 g/mol. The fraction of sp³-hybridized carbons (Fsp3) is 0.0500. The normalized spacial score (nSPS) is 10.7. The van der Waals surface area contributed by atoms with Gasteiger partial charge in [0.05, 0.1) is 0 Å². The lowest BCUT2D eigenvalue weighted by atomic mass is 10.2. The molecule has 0 radical (unpaired) electrons. The third-order valence-corrected chi connectivity index (χ3v) is 4.64. The van der Waals surface area contributed by atoms with E-state index in [9.17, 15) is 4.79 Å². The molecule has 2 amide bonds. The van der Waals surface area contributed by atoms with Crippen molar-refractivity contribution < 1.29 is 4.79 Å². The van der Waals surface area contributed by atoms with Gasteiger partial charge in [-0.1, -0.05) is 23.7 Å². The Morgan fingerprint density at radius 2 is 1.85 bits per heavy atom. The maximum Gasteiger partial charge on any atom is 0.324 e. The van der Waals surface area contributed by atoms with Gasteiger partial charge in [0, 0.05) is 34.9 Å². The van der Waals surface area contributed by atoms with Crippen LogP contribution in [0.4, 0.5) is 16.3 Å². The number of aromatic nitrogens is 3. The molecule has 0 saturated carbocycles. The van der Waals surface area contributed by atoms with E-state index in [2.05, 4.69) is 20.6 Å². The second-order valence-corrected chi connectivity index (χ2v) is 6.37. The number of hydrogen-bond acceptors (Lipinski definition) is 3. The predicted molar refractivity (Wildman–Crippen MR) is 107 cm³/mol. The molecule has 0 aliphatic carbocycles. The molecule has 3 heterocycles. The standard InChI is InChI=1S/C20H16ClN5O/c1-13-15(21)5-4-6-16(13)23-20(27)25-19-18(14-8-10-22-11-9-14)24-17-7-2-3-12-26(17)19/h2-12H,1H3,(H2,23,25,27). The Kier molecular flexibility index (Phi) is 4.48. The number of halogens is 1. The van der Waals surface area contributed by atoms with Crippen LogP contribution in [-0.4, -0.2) is 20.4 Å². The van der Waals surface area contributed by atoms with Crippen LogP contribution in [0.3, 0.4) is 0 Å². The van der Waals surface area contributed by atoms with E-state index in [0.29, 0.717) is 22.2 Å². The van der Waals surface area contributed by atoms with E-state index in [4.69, 9.17) is 11.6 Å². The molecule has 7 heteroatoms. The van der Waals surface area contributed by atoms with E-state index in [0.717, 1.165) is 16.8 Å². The molecular weight excluding hydrogens is 362 g/mol. The number of anilines is 2. The van der Waals surface area contributed by atoms with Crippen LogP contribution in [0, 0.1) is 6.92 Å². The van der Waals surface area contributed by atoms with Gasteiger partial charge in [0.15, 0.2) is 0 Å². The number of rotatable bonds is 3. The lowest BCUT2D eigenvalue weighted by Gasteiger charge is -2.11. The number of nitrogens with one attached hydrogen (secondary N) is 2. The van der Waals surface area contributed by atoms with Gasteiger partial charge in [-0.05, 0) is 48.9 Å². The highest BCUT2D eigenvalue weighted by atomic mass is 35.5. The maximum absolute atomic E-state index is 12.7. The van der Waals surface area contributed by atoms with E-state index in [1.165, 1.54) is 0 Å². The largest absolute Gasteiger partial charge is 0.324 e. The molecule has 0 spiro atoms. The lowest BCUT2D eigenvalue weighted by molar-refractivity contribution is 0.262. The van der Waals surface area contributed by atoms with E-state index in [1.54, 1.807) is 30.6 Å². The summed E-state index contributed by atoms with van der Waals surface area (Å²) >= 11 is 6.13. The smallest absolute Gasteiger partial charge is 0.307 e. The molecule has 134 valence electrons. The average Bonchev–Trinajstić information content (AvgIpc) is 3.05.